The molecule has 3 aromatic rings. The molecule has 0 saturated carbocycles. The predicted octanol–water partition coefficient (Wildman–Crippen LogP) is 3.09. The van der Waals surface area contributed by atoms with Crippen molar-refractivity contribution in [3.63, 3.8) is 0 Å². The van der Waals surface area contributed by atoms with Crippen LogP contribution in [-0.4, -0.2) is 33.2 Å². The van der Waals surface area contributed by atoms with E-state index in [1.807, 2.05) is 19.1 Å². The largest absolute Gasteiger partial charge is 0.494 e. The molecule has 0 fully saturated rings. The summed E-state index contributed by atoms with van der Waals surface area (Å²) in [6.07, 6.45) is 0. The van der Waals surface area contributed by atoms with Crippen LogP contribution in [0.25, 0.3) is 16.9 Å². The van der Waals surface area contributed by atoms with Crippen molar-refractivity contribution in [3.05, 3.63) is 59.5 Å². The summed E-state index contributed by atoms with van der Waals surface area (Å²) in [5.74, 6) is -1.68. The van der Waals surface area contributed by atoms with Crippen LogP contribution in [0.1, 0.15) is 16.1 Å². The van der Waals surface area contributed by atoms with E-state index in [1.54, 1.807) is 18.2 Å². The number of nitrogens with zero attached hydrogens (tertiary/aromatic N) is 3. The van der Waals surface area contributed by atoms with Gasteiger partial charge in [0.25, 0.3) is 0 Å². The lowest BCUT2D eigenvalue weighted by Gasteiger charge is -2.09. The number of hydrogen-bond acceptors (Lipinski definition) is 4. The Morgan fingerprint density at radius 2 is 1.92 bits per heavy atom. The van der Waals surface area contributed by atoms with Crippen molar-refractivity contribution >= 4 is 5.97 Å². The summed E-state index contributed by atoms with van der Waals surface area (Å²) in [6, 6.07) is 11.5. The summed E-state index contributed by atoms with van der Waals surface area (Å²) in [4.78, 5) is 11.5. The summed E-state index contributed by atoms with van der Waals surface area (Å²) in [6.45, 7) is 1.93. The number of aryl methyl sites for hydroxylation is 1. The highest BCUT2D eigenvalue weighted by Crippen LogP contribution is 2.27. The van der Waals surface area contributed by atoms with E-state index in [0.29, 0.717) is 11.3 Å². The molecule has 0 atom stereocenters. The van der Waals surface area contributed by atoms with E-state index in [0.717, 1.165) is 5.56 Å². The number of methoxy groups -OCH3 is 1. The highest BCUT2D eigenvalue weighted by atomic mass is 19.1. The molecule has 0 aliphatic carbocycles. The van der Waals surface area contributed by atoms with Gasteiger partial charge in [0.2, 0.25) is 0 Å². The minimum Gasteiger partial charge on any atom is -0.494 e. The monoisotopic (exact) mass is 327 g/mol. The standard InChI is InChI=1S/C17H14FN3O3/c1-10-3-5-11(6-4-10)16-15(17(22)23)19-20-21(16)12-7-8-14(24-2)13(18)9-12/h3-9H,1-2H3,(H,22,23). The van der Waals surface area contributed by atoms with E-state index >= 15 is 0 Å². The Bertz CT molecular complexity index is 904. The molecule has 0 aliphatic rings. The number of ether oxygens (including phenoxy) is 1. The molecule has 7 heteroatoms. The van der Waals surface area contributed by atoms with Crippen molar-refractivity contribution in [2.24, 2.45) is 0 Å². The third-order valence-corrected chi connectivity index (χ3v) is 3.58. The fraction of sp³-hybridized carbons (Fsp3) is 0.118. The zero-order valence-corrected chi connectivity index (χ0v) is 13.0. The number of aromatic nitrogens is 3. The van der Waals surface area contributed by atoms with Crippen LogP contribution in [0, 0.1) is 12.7 Å². The number of carboxylic acid groups (broad SMARTS) is 1. The van der Waals surface area contributed by atoms with Crippen molar-refractivity contribution in [1.29, 1.82) is 0 Å². The normalized spacial score (nSPS) is 10.6. The molecule has 1 aromatic heterocycles. The summed E-state index contributed by atoms with van der Waals surface area (Å²) in [5, 5.41) is 17.0. The van der Waals surface area contributed by atoms with E-state index in [-0.39, 0.29) is 17.1 Å². The summed E-state index contributed by atoms with van der Waals surface area (Å²) >= 11 is 0. The number of aromatic carboxylic acids is 1. The number of carboxylic acids is 1. The van der Waals surface area contributed by atoms with Gasteiger partial charge in [-0.2, -0.15) is 0 Å². The van der Waals surface area contributed by atoms with Gasteiger partial charge in [-0.1, -0.05) is 35.0 Å². The van der Waals surface area contributed by atoms with Crippen molar-refractivity contribution in [2.75, 3.05) is 7.11 Å². The Kier molecular flexibility index (Phi) is 3.99. The summed E-state index contributed by atoms with van der Waals surface area (Å²) in [5.41, 5.74) is 2.09. The first-order valence-corrected chi connectivity index (χ1v) is 7.11. The maximum atomic E-state index is 14.0. The van der Waals surface area contributed by atoms with Crippen molar-refractivity contribution < 1.29 is 19.0 Å². The molecule has 0 amide bonds. The molecule has 0 saturated heterocycles. The Labute approximate surface area is 137 Å². The minimum atomic E-state index is -1.20. The molecule has 0 radical (unpaired) electrons. The van der Waals surface area contributed by atoms with E-state index < -0.39 is 11.8 Å². The molecule has 1 N–H and O–H groups in total. The van der Waals surface area contributed by atoms with Crippen LogP contribution in [0.2, 0.25) is 0 Å². The second kappa shape index (κ2) is 6.11. The second-order valence-corrected chi connectivity index (χ2v) is 5.19. The number of hydrogen-bond donors (Lipinski definition) is 1. The predicted molar refractivity (Wildman–Crippen MR) is 85.0 cm³/mol. The molecule has 24 heavy (non-hydrogen) atoms. The van der Waals surface area contributed by atoms with Crippen molar-refractivity contribution in [1.82, 2.24) is 15.0 Å². The zero-order valence-electron chi connectivity index (χ0n) is 13.0. The lowest BCUT2D eigenvalue weighted by atomic mass is 10.1. The van der Waals surface area contributed by atoms with Gasteiger partial charge in [0.05, 0.1) is 12.8 Å². The van der Waals surface area contributed by atoms with E-state index in [4.69, 9.17) is 4.74 Å². The molecule has 2 aromatic carbocycles. The number of carbonyl (C=O) groups is 1. The molecule has 6 nitrogen and oxygen atoms in total. The van der Waals surface area contributed by atoms with E-state index in [2.05, 4.69) is 10.3 Å². The highest BCUT2D eigenvalue weighted by molar-refractivity contribution is 5.93. The Morgan fingerprint density at radius 1 is 1.21 bits per heavy atom. The van der Waals surface area contributed by atoms with E-state index in [9.17, 15) is 14.3 Å². The van der Waals surface area contributed by atoms with Crippen molar-refractivity contribution in [3.8, 4) is 22.7 Å². The Hall–Kier alpha value is -3.22. The average molecular weight is 327 g/mol. The fourth-order valence-electron chi connectivity index (χ4n) is 2.36. The van der Waals surface area contributed by atoms with Crippen LogP contribution in [0.4, 0.5) is 4.39 Å². The first kappa shape index (κ1) is 15.7. The Balaban J connectivity index is 2.20. The van der Waals surface area contributed by atoms with Gasteiger partial charge in [-0.15, -0.1) is 5.10 Å². The molecule has 0 bridgehead atoms. The number of halogens is 1. The molecule has 0 unspecified atom stereocenters. The van der Waals surface area contributed by atoms with Crippen LogP contribution in [0.15, 0.2) is 42.5 Å². The van der Waals surface area contributed by atoms with E-state index in [1.165, 1.54) is 23.9 Å². The highest BCUT2D eigenvalue weighted by Gasteiger charge is 2.22. The molecule has 0 spiro atoms. The van der Waals surface area contributed by atoms with Gasteiger partial charge in [-0.25, -0.2) is 13.9 Å². The topological polar surface area (TPSA) is 77.2 Å². The second-order valence-electron chi connectivity index (χ2n) is 5.19. The Morgan fingerprint density at radius 3 is 2.50 bits per heavy atom. The van der Waals surface area contributed by atoms with Crippen LogP contribution in [0.5, 0.6) is 5.75 Å². The van der Waals surface area contributed by atoms with Crippen LogP contribution in [0.3, 0.4) is 0 Å². The van der Waals surface area contributed by atoms with Gasteiger partial charge in [0.15, 0.2) is 17.3 Å². The maximum absolute atomic E-state index is 14.0. The SMILES string of the molecule is COc1ccc(-n2nnc(C(=O)O)c2-c2ccc(C)cc2)cc1F. The van der Waals surface area contributed by atoms with Gasteiger partial charge in [0, 0.05) is 11.6 Å². The molecule has 3 rings (SSSR count). The van der Waals surface area contributed by atoms with Gasteiger partial charge in [0.1, 0.15) is 5.69 Å². The van der Waals surface area contributed by atoms with Crippen LogP contribution in [-0.2, 0) is 0 Å². The maximum Gasteiger partial charge on any atom is 0.358 e. The molecule has 1 heterocycles. The summed E-state index contributed by atoms with van der Waals surface area (Å²) in [7, 11) is 1.37. The van der Waals surface area contributed by atoms with Gasteiger partial charge >= 0.3 is 5.97 Å². The minimum absolute atomic E-state index is 0.0919. The number of rotatable bonds is 4. The lowest BCUT2D eigenvalue weighted by molar-refractivity contribution is 0.0691. The quantitative estimate of drug-likeness (QED) is 0.797. The lowest BCUT2D eigenvalue weighted by Crippen LogP contribution is -2.04. The van der Waals surface area contributed by atoms with Gasteiger partial charge < -0.3 is 9.84 Å². The van der Waals surface area contributed by atoms with Crippen molar-refractivity contribution in [2.45, 2.75) is 6.92 Å². The summed E-state index contributed by atoms with van der Waals surface area (Å²) < 4.78 is 20.2. The zero-order chi connectivity index (χ0) is 17.3. The first-order chi connectivity index (χ1) is 11.5. The van der Waals surface area contributed by atoms with Crippen LogP contribution >= 0.6 is 0 Å². The van der Waals surface area contributed by atoms with Gasteiger partial charge in [-0.3, -0.25) is 0 Å². The third kappa shape index (κ3) is 2.71. The molecular formula is C17H14FN3O3. The van der Waals surface area contributed by atoms with Gasteiger partial charge in [-0.05, 0) is 19.1 Å². The number of benzene rings is 2. The molecule has 122 valence electrons. The fourth-order valence-corrected chi connectivity index (χ4v) is 2.36. The molecular weight excluding hydrogens is 313 g/mol. The first-order valence-electron chi connectivity index (χ1n) is 7.11. The third-order valence-electron chi connectivity index (χ3n) is 3.58. The smallest absolute Gasteiger partial charge is 0.358 e. The average Bonchev–Trinajstić information content (AvgIpc) is 3.00. The van der Waals surface area contributed by atoms with Crippen LogP contribution < -0.4 is 4.74 Å². The molecule has 0 aliphatic heterocycles.